The van der Waals surface area contributed by atoms with Crippen LogP contribution in [0.5, 0.6) is 0 Å². The zero-order valence-corrected chi connectivity index (χ0v) is 24.9. The quantitative estimate of drug-likeness (QED) is 0.0641. The Labute approximate surface area is 240 Å². The van der Waals surface area contributed by atoms with Crippen LogP contribution in [0.25, 0.3) is 11.0 Å². The number of aromatic nitrogens is 3. The number of fused-ring (bicyclic) bond motifs is 1. The smallest absolute Gasteiger partial charge is 0.303 e. The van der Waals surface area contributed by atoms with Gasteiger partial charge in [-0.3, -0.25) is 19.2 Å². The molecular weight excluding hydrogens is 568 g/mol. The second kappa shape index (κ2) is 15.4. The minimum absolute atomic E-state index is 0.203. The van der Waals surface area contributed by atoms with Gasteiger partial charge in [-0.2, -0.15) is 0 Å². The molecule has 1 unspecified atom stereocenters. The monoisotopic (exact) mass is 600 g/mol. The number of hydrogen-bond acceptors (Lipinski definition) is 12. The first-order valence-corrected chi connectivity index (χ1v) is 13.7. The minimum Gasteiger partial charge on any atom is -0.463 e. The zero-order chi connectivity index (χ0) is 30.0. The van der Waals surface area contributed by atoms with E-state index in [0.717, 1.165) is 0 Å². The fraction of sp³-hybridized carbons (Fsp3) is 0.542. The first-order chi connectivity index (χ1) is 18.9. The third-order valence-electron chi connectivity index (χ3n) is 5.03. The van der Waals surface area contributed by atoms with Crippen molar-refractivity contribution < 1.29 is 38.1 Å². The van der Waals surface area contributed by atoms with Gasteiger partial charge in [-0.1, -0.05) is 11.8 Å². The third kappa shape index (κ3) is 9.64. The lowest BCUT2D eigenvalue weighted by atomic mass is 10.1. The summed E-state index contributed by atoms with van der Waals surface area (Å²) in [6, 6.07) is 0. The van der Waals surface area contributed by atoms with E-state index >= 15 is 0 Å². The van der Waals surface area contributed by atoms with Crippen molar-refractivity contribution in [2.24, 2.45) is 4.99 Å². The van der Waals surface area contributed by atoms with Crippen LogP contribution >= 0.6 is 23.4 Å². The second-order valence-corrected chi connectivity index (χ2v) is 9.70. The number of aliphatic imine (C=N–C) groups is 1. The van der Waals surface area contributed by atoms with Gasteiger partial charge in [0.2, 0.25) is 5.91 Å². The van der Waals surface area contributed by atoms with Crippen molar-refractivity contribution in [1.29, 1.82) is 0 Å². The maximum Gasteiger partial charge on any atom is 0.303 e. The molecule has 0 spiro atoms. The van der Waals surface area contributed by atoms with Gasteiger partial charge in [0.05, 0.1) is 17.4 Å². The molecule has 0 fully saturated rings. The summed E-state index contributed by atoms with van der Waals surface area (Å²) in [5, 5.41) is 3.56. The maximum atomic E-state index is 12.2. The van der Waals surface area contributed by atoms with E-state index in [9.17, 15) is 19.2 Å². The summed E-state index contributed by atoms with van der Waals surface area (Å²) >= 11 is 7.01. The highest BCUT2D eigenvalue weighted by Gasteiger charge is 2.34. The molecule has 14 nitrogen and oxygen atoms in total. The lowest BCUT2D eigenvalue weighted by Gasteiger charge is -2.30. The molecule has 3 atom stereocenters. The lowest BCUT2D eigenvalue weighted by molar-refractivity contribution is -0.186. The SMILES string of the molecule is CSc1nc(N=CN(C)C)c2c(NC(=O)CCl)cn(CO[C@H](COC(C)=O)[C@@H](OC(C)=O)C(C)OC(C)=O)c2n1. The van der Waals surface area contributed by atoms with Crippen LogP contribution in [0.4, 0.5) is 11.5 Å². The number of anilines is 1. The number of halogens is 1. The van der Waals surface area contributed by atoms with Crippen molar-refractivity contribution in [2.45, 2.75) is 57.9 Å². The van der Waals surface area contributed by atoms with E-state index in [4.69, 9.17) is 30.5 Å². The van der Waals surface area contributed by atoms with Crippen LogP contribution in [-0.2, 0) is 44.9 Å². The Balaban J connectivity index is 2.58. The Morgan fingerprint density at radius 2 is 1.82 bits per heavy atom. The molecular formula is C24H33ClN6O8S. The number of nitrogens with zero attached hydrogens (tertiary/aromatic N) is 5. The van der Waals surface area contributed by atoms with Crippen molar-refractivity contribution in [2.75, 3.05) is 38.2 Å². The molecule has 0 bridgehead atoms. The highest BCUT2D eigenvalue weighted by molar-refractivity contribution is 7.98. The van der Waals surface area contributed by atoms with E-state index in [0.29, 0.717) is 27.7 Å². The average molecular weight is 601 g/mol. The molecule has 220 valence electrons. The molecule has 1 N–H and O–H groups in total. The third-order valence-corrected chi connectivity index (χ3v) is 5.82. The molecule has 0 saturated carbocycles. The van der Waals surface area contributed by atoms with Gasteiger partial charge in [-0.25, -0.2) is 15.0 Å². The molecule has 0 aliphatic rings. The van der Waals surface area contributed by atoms with Crippen LogP contribution in [-0.4, -0.2) is 101 Å². The number of nitrogens with one attached hydrogen (secondary N) is 1. The molecule has 0 aliphatic heterocycles. The molecule has 2 rings (SSSR count). The first-order valence-electron chi connectivity index (χ1n) is 12.0. The molecule has 0 saturated heterocycles. The first kappa shape index (κ1) is 32.8. The van der Waals surface area contributed by atoms with Gasteiger partial charge >= 0.3 is 17.9 Å². The number of hydrogen-bond donors (Lipinski definition) is 1. The molecule has 16 heteroatoms. The van der Waals surface area contributed by atoms with Crippen molar-refractivity contribution in [3.05, 3.63) is 6.20 Å². The topological polar surface area (TPSA) is 164 Å². The predicted octanol–water partition coefficient (Wildman–Crippen LogP) is 2.34. The van der Waals surface area contributed by atoms with Crippen LogP contribution in [0.15, 0.2) is 16.3 Å². The number of rotatable bonds is 14. The summed E-state index contributed by atoms with van der Waals surface area (Å²) in [7, 11) is 3.60. The van der Waals surface area contributed by atoms with E-state index in [2.05, 4.69) is 20.3 Å². The summed E-state index contributed by atoms with van der Waals surface area (Å²) in [4.78, 5) is 62.5. The highest BCUT2D eigenvalue weighted by atomic mass is 35.5. The number of esters is 3. The van der Waals surface area contributed by atoms with Crippen LogP contribution in [0.2, 0.25) is 0 Å². The van der Waals surface area contributed by atoms with E-state index in [-0.39, 0.29) is 19.2 Å². The van der Waals surface area contributed by atoms with Gasteiger partial charge in [0, 0.05) is 41.1 Å². The molecule has 40 heavy (non-hydrogen) atoms. The van der Waals surface area contributed by atoms with E-state index in [1.165, 1.54) is 39.5 Å². The number of alkyl halides is 1. The Morgan fingerprint density at radius 3 is 2.38 bits per heavy atom. The van der Waals surface area contributed by atoms with Crippen LogP contribution in [0, 0.1) is 0 Å². The zero-order valence-electron chi connectivity index (χ0n) is 23.3. The molecule has 0 aliphatic carbocycles. The van der Waals surface area contributed by atoms with Crippen molar-refractivity contribution in [1.82, 2.24) is 19.4 Å². The standard InChI is InChI=1S/C24H33ClN6O8S/c1-13(38-15(3)33)21(39-16(4)34)18(10-36-14(2)32)37-12-31-9-17(27-19(35)8-25)20-22(26-11-30(5)6)28-24(40-7)29-23(20)31/h9,11,13,18,21H,8,10,12H2,1-7H3,(H,27,35)/t13?,18-,21+/m1/s1. The summed E-state index contributed by atoms with van der Waals surface area (Å²) < 4.78 is 23.4. The summed E-state index contributed by atoms with van der Waals surface area (Å²) in [5.74, 6) is -2.29. The van der Waals surface area contributed by atoms with Crippen LogP contribution in [0.1, 0.15) is 27.7 Å². The normalized spacial score (nSPS) is 13.5. The average Bonchev–Trinajstić information content (AvgIpc) is 3.22. The predicted molar refractivity (Wildman–Crippen MR) is 149 cm³/mol. The van der Waals surface area contributed by atoms with Gasteiger partial charge in [0.25, 0.3) is 0 Å². The maximum absolute atomic E-state index is 12.2. The Hall–Kier alpha value is -3.43. The van der Waals surface area contributed by atoms with Crippen LogP contribution < -0.4 is 5.32 Å². The number of carbonyl (C=O) groups excluding carboxylic acids is 4. The number of carbonyl (C=O) groups is 4. The van der Waals surface area contributed by atoms with Gasteiger partial charge in [0.1, 0.15) is 31.4 Å². The summed E-state index contributed by atoms with van der Waals surface area (Å²) in [6.07, 6.45) is 1.84. The second-order valence-electron chi connectivity index (χ2n) is 8.66. The molecule has 0 radical (unpaired) electrons. The van der Waals surface area contributed by atoms with Gasteiger partial charge in [0.15, 0.2) is 22.7 Å². The Morgan fingerprint density at radius 1 is 1.15 bits per heavy atom. The van der Waals surface area contributed by atoms with Gasteiger partial charge in [-0.05, 0) is 13.2 Å². The fourth-order valence-corrected chi connectivity index (χ4v) is 3.91. The number of amides is 1. The number of thioether (sulfide) groups is 1. The summed E-state index contributed by atoms with van der Waals surface area (Å²) in [6.45, 7) is 4.64. The molecule has 2 heterocycles. The molecule has 1 amide bonds. The Bertz CT molecular complexity index is 1250. The van der Waals surface area contributed by atoms with Crippen molar-refractivity contribution in [3.63, 3.8) is 0 Å². The fourth-order valence-electron chi connectivity index (χ4n) is 3.49. The van der Waals surface area contributed by atoms with Crippen molar-refractivity contribution in [3.8, 4) is 0 Å². The van der Waals surface area contributed by atoms with E-state index in [1.54, 1.807) is 42.4 Å². The molecule has 2 aromatic heterocycles. The minimum atomic E-state index is -1.12. The van der Waals surface area contributed by atoms with Gasteiger partial charge in [-0.15, -0.1) is 11.6 Å². The Kier molecular flexibility index (Phi) is 12.6. The largest absolute Gasteiger partial charge is 0.463 e. The van der Waals surface area contributed by atoms with E-state index in [1.807, 2.05) is 0 Å². The molecule has 0 aromatic carbocycles. The molecule has 2 aromatic rings. The number of ether oxygens (including phenoxy) is 4. The highest BCUT2D eigenvalue weighted by Crippen LogP contribution is 2.34. The lowest BCUT2D eigenvalue weighted by Crippen LogP contribution is -2.45. The van der Waals surface area contributed by atoms with Gasteiger partial charge < -0.3 is 33.7 Å². The summed E-state index contributed by atoms with van der Waals surface area (Å²) in [5.41, 5.74) is 0.711. The van der Waals surface area contributed by atoms with Crippen LogP contribution in [0.3, 0.4) is 0 Å². The van der Waals surface area contributed by atoms with Crippen molar-refractivity contribution >= 4 is 76.1 Å². The van der Waals surface area contributed by atoms with E-state index < -0.39 is 42.1 Å².